The molecule has 0 spiro atoms. The van der Waals surface area contributed by atoms with Gasteiger partial charge in [0.1, 0.15) is 0 Å². The molecule has 1 rings (SSSR count). The van der Waals surface area contributed by atoms with E-state index in [0.29, 0.717) is 0 Å². The molecule has 1 heterocycles. The molecular weight excluding hydrogens is 172 g/mol. The molecule has 2 nitrogen and oxygen atoms in total. The lowest BCUT2D eigenvalue weighted by molar-refractivity contribution is 0.669. The van der Waals surface area contributed by atoms with Crippen LogP contribution < -0.4 is 5.73 Å². The Morgan fingerprint density at radius 2 is 2.50 bits per heavy atom. The minimum atomic E-state index is 0.282. The van der Waals surface area contributed by atoms with Gasteiger partial charge in [0.25, 0.3) is 0 Å². The molecule has 0 amide bonds. The Labute approximate surface area is 86.6 Å². The van der Waals surface area contributed by atoms with Gasteiger partial charge in [-0.2, -0.15) is 0 Å². The third kappa shape index (κ3) is 3.46. The lowest BCUT2D eigenvalue weighted by atomic mass is 9.98. The number of hydrogen-bond donors (Lipinski definition) is 1. The molecular formula is C12H20N2. The van der Waals surface area contributed by atoms with E-state index < -0.39 is 0 Å². The Morgan fingerprint density at radius 3 is 3.00 bits per heavy atom. The summed E-state index contributed by atoms with van der Waals surface area (Å²) in [6.07, 6.45) is 10.5. The fraction of sp³-hybridized carbons (Fsp3) is 0.583. The van der Waals surface area contributed by atoms with Crippen molar-refractivity contribution in [2.75, 3.05) is 0 Å². The number of hydrogen-bond acceptors (Lipinski definition) is 2. The van der Waals surface area contributed by atoms with Crippen LogP contribution in [0.1, 0.15) is 39.5 Å². The van der Waals surface area contributed by atoms with Gasteiger partial charge in [0, 0.05) is 18.0 Å². The van der Waals surface area contributed by atoms with Crippen LogP contribution in [0, 0.1) is 0 Å². The number of nitrogens with two attached hydrogens (primary N) is 1. The van der Waals surface area contributed by atoms with Crippen LogP contribution in [0.2, 0.25) is 0 Å². The Bertz CT molecular complexity index is 259. The average molecular weight is 192 g/mol. The quantitative estimate of drug-likeness (QED) is 0.730. The van der Waals surface area contributed by atoms with Crippen LogP contribution >= 0.6 is 0 Å². The van der Waals surface area contributed by atoms with Gasteiger partial charge < -0.3 is 5.73 Å². The van der Waals surface area contributed by atoms with Crippen LogP contribution in [0.25, 0.3) is 0 Å². The maximum atomic E-state index is 5.74. The van der Waals surface area contributed by atoms with Crippen molar-refractivity contribution >= 4 is 5.71 Å². The second-order valence-corrected chi connectivity index (χ2v) is 3.83. The predicted molar refractivity (Wildman–Crippen MR) is 62.4 cm³/mol. The summed E-state index contributed by atoms with van der Waals surface area (Å²) >= 11 is 0. The van der Waals surface area contributed by atoms with Gasteiger partial charge >= 0.3 is 0 Å². The molecule has 78 valence electrons. The van der Waals surface area contributed by atoms with E-state index >= 15 is 0 Å². The highest BCUT2D eigenvalue weighted by atomic mass is 14.7. The summed E-state index contributed by atoms with van der Waals surface area (Å²) < 4.78 is 0. The minimum Gasteiger partial charge on any atom is -0.328 e. The first-order chi connectivity index (χ1) is 6.74. The number of nitrogens with zero attached hydrogens (tertiary/aromatic N) is 1. The molecule has 2 N–H and O–H groups in total. The van der Waals surface area contributed by atoms with E-state index in [1.54, 1.807) is 0 Å². The van der Waals surface area contributed by atoms with Gasteiger partial charge in [-0.05, 0) is 45.1 Å². The molecule has 1 aliphatic rings. The summed E-state index contributed by atoms with van der Waals surface area (Å²) in [4.78, 5) is 4.41. The topological polar surface area (TPSA) is 38.4 Å². The van der Waals surface area contributed by atoms with Crippen LogP contribution in [0.15, 0.2) is 28.9 Å². The fourth-order valence-corrected chi connectivity index (χ4v) is 1.58. The van der Waals surface area contributed by atoms with Crippen molar-refractivity contribution < 1.29 is 0 Å². The summed E-state index contributed by atoms with van der Waals surface area (Å²) in [5.74, 6) is 0. The normalized spacial score (nSPS) is 19.4. The predicted octanol–water partition coefficient (Wildman–Crippen LogP) is 2.81. The third-order valence-corrected chi connectivity index (χ3v) is 2.47. The van der Waals surface area contributed by atoms with E-state index in [1.165, 1.54) is 11.3 Å². The zero-order valence-electron chi connectivity index (χ0n) is 9.16. The van der Waals surface area contributed by atoms with Crippen LogP contribution in [0.4, 0.5) is 0 Å². The molecule has 1 aliphatic heterocycles. The summed E-state index contributed by atoms with van der Waals surface area (Å²) in [6.45, 7) is 4.13. The Morgan fingerprint density at radius 1 is 1.71 bits per heavy atom. The monoisotopic (exact) mass is 192 g/mol. The molecule has 0 saturated carbocycles. The summed E-state index contributed by atoms with van der Waals surface area (Å²) in [5.41, 5.74) is 8.36. The zero-order valence-corrected chi connectivity index (χ0v) is 9.16. The molecule has 0 aromatic heterocycles. The SMILES string of the molecule is C/C=C(\CCC(C)N)C1=NC=CCC1. The molecule has 2 heteroatoms. The zero-order chi connectivity index (χ0) is 10.4. The van der Waals surface area contributed by atoms with Gasteiger partial charge in [-0.15, -0.1) is 0 Å². The molecule has 0 saturated heterocycles. The fourth-order valence-electron chi connectivity index (χ4n) is 1.58. The lowest BCUT2D eigenvalue weighted by Gasteiger charge is -2.13. The first-order valence-corrected chi connectivity index (χ1v) is 5.37. The highest BCUT2D eigenvalue weighted by molar-refractivity contribution is 6.00. The van der Waals surface area contributed by atoms with E-state index in [1.807, 2.05) is 6.20 Å². The molecule has 0 aliphatic carbocycles. The Kier molecular flexibility index (Phi) is 4.60. The number of aliphatic imine (C=N–C) groups is 1. The van der Waals surface area contributed by atoms with Gasteiger partial charge in [0.05, 0.1) is 0 Å². The second kappa shape index (κ2) is 5.76. The Hall–Kier alpha value is -0.890. The average Bonchev–Trinajstić information content (AvgIpc) is 2.20. The number of rotatable bonds is 4. The largest absolute Gasteiger partial charge is 0.328 e. The highest BCUT2D eigenvalue weighted by Gasteiger charge is 2.08. The van der Waals surface area contributed by atoms with Crippen molar-refractivity contribution in [3.63, 3.8) is 0 Å². The standard InChI is InChI=1S/C12H20N2/c1-3-11(8-7-10(2)13)12-6-4-5-9-14-12/h3,5,9-10H,4,6-8,13H2,1-2H3/b11-3+. The van der Waals surface area contributed by atoms with Crippen molar-refractivity contribution in [2.45, 2.75) is 45.6 Å². The highest BCUT2D eigenvalue weighted by Crippen LogP contribution is 2.15. The molecule has 0 aromatic rings. The van der Waals surface area contributed by atoms with Crippen molar-refractivity contribution in [1.82, 2.24) is 0 Å². The van der Waals surface area contributed by atoms with Crippen LogP contribution in [0.3, 0.4) is 0 Å². The molecule has 1 unspecified atom stereocenters. The maximum absolute atomic E-state index is 5.74. The van der Waals surface area contributed by atoms with Gasteiger partial charge in [-0.25, -0.2) is 0 Å². The van der Waals surface area contributed by atoms with Crippen molar-refractivity contribution in [3.05, 3.63) is 23.9 Å². The minimum absolute atomic E-state index is 0.282. The molecule has 0 fully saturated rings. The lowest BCUT2D eigenvalue weighted by Crippen LogP contribution is -2.16. The van der Waals surface area contributed by atoms with Crippen LogP contribution in [-0.2, 0) is 0 Å². The van der Waals surface area contributed by atoms with Gasteiger partial charge in [0.2, 0.25) is 0 Å². The van der Waals surface area contributed by atoms with Crippen molar-refractivity contribution in [2.24, 2.45) is 10.7 Å². The molecule has 1 atom stereocenters. The van der Waals surface area contributed by atoms with Gasteiger partial charge in [-0.1, -0.05) is 12.2 Å². The second-order valence-electron chi connectivity index (χ2n) is 3.83. The van der Waals surface area contributed by atoms with Crippen LogP contribution in [-0.4, -0.2) is 11.8 Å². The number of allylic oxidation sites excluding steroid dienone is 3. The summed E-state index contributed by atoms with van der Waals surface area (Å²) in [5, 5.41) is 0. The van der Waals surface area contributed by atoms with Crippen molar-refractivity contribution in [3.8, 4) is 0 Å². The van der Waals surface area contributed by atoms with E-state index in [2.05, 4.69) is 31.0 Å². The molecule has 14 heavy (non-hydrogen) atoms. The third-order valence-electron chi connectivity index (χ3n) is 2.47. The molecule has 0 radical (unpaired) electrons. The van der Waals surface area contributed by atoms with Gasteiger partial charge in [0.15, 0.2) is 0 Å². The summed E-state index contributed by atoms with van der Waals surface area (Å²) in [6, 6.07) is 0.282. The first kappa shape index (κ1) is 11.2. The van der Waals surface area contributed by atoms with Crippen molar-refractivity contribution in [1.29, 1.82) is 0 Å². The summed E-state index contributed by atoms with van der Waals surface area (Å²) in [7, 11) is 0. The van der Waals surface area contributed by atoms with E-state index in [-0.39, 0.29) is 6.04 Å². The van der Waals surface area contributed by atoms with E-state index in [9.17, 15) is 0 Å². The first-order valence-electron chi connectivity index (χ1n) is 5.37. The van der Waals surface area contributed by atoms with E-state index in [0.717, 1.165) is 25.7 Å². The van der Waals surface area contributed by atoms with Crippen LogP contribution in [0.5, 0.6) is 0 Å². The van der Waals surface area contributed by atoms with Gasteiger partial charge in [-0.3, -0.25) is 4.99 Å². The maximum Gasteiger partial charge on any atom is 0.0435 e. The Balaban J connectivity index is 2.54. The molecule has 0 bridgehead atoms. The molecule has 0 aromatic carbocycles. The van der Waals surface area contributed by atoms with E-state index in [4.69, 9.17) is 5.73 Å². The smallest absolute Gasteiger partial charge is 0.0435 e.